The molecule has 0 aliphatic carbocycles. The molecule has 1 atom stereocenters. The van der Waals surface area contributed by atoms with Crippen LogP contribution in [0.2, 0.25) is 0 Å². The number of urea groups is 1. The van der Waals surface area contributed by atoms with Crippen LogP contribution in [0.25, 0.3) is 0 Å². The van der Waals surface area contributed by atoms with Gasteiger partial charge in [-0.15, -0.1) is 0 Å². The fourth-order valence-corrected chi connectivity index (χ4v) is 2.53. The van der Waals surface area contributed by atoms with E-state index in [9.17, 15) is 14.0 Å². The fourth-order valence-electron chi connectivity index (χ4n) is 2.53. The highest BCUT2D eigenvalue weighted by Gasteiger charge is 2.16. The van der Waals surface area contributed by atoms with E-state index in [-0.39, 0.29) is 23.7 Å². The zero-order valence-corrected chi connectivity index (χ0v) is 14.4. The summed E-state index contributed by atoms with van der Waals surface area (Å²) in [5.74, 6) is -0.433. The summed E-state index contributed by atoms with van der Waals surface area (Å²) in [5.41, 5.74) is 0.378. The molecule has 3 N–H and O–H groups in total. The standard InChI is InChI=1S/C17H25FN4O3/c1-22-8-9-25-12-13(11-22)10-21-17(24)20-7-6-19-16(23)14-2-4-15(18)5-3-14/h2-5,13H,6-12H2,1H3,(H,19,23)(H2,20,21,24)/t13-/m0/s1. The molecule has 0 radical (unpaired) electrons. The van der Waals surface area contributed by atoms with Gasteiger partial charge in [0.2, 0.25) is 0 Å². The van der Waals surface area contributed by atoms with Crippen molar-refractivity contribution >= 4 is 11.9 Å². The highest BCUT2D eigenvalue weighted by Crippen LogP contribution is 2.04. The first-order chi connectivity index (χ1) is 12.0. The fraction of sp³-hybridized carbons (Fsp3) is 0.529. The number of nitrogens with one attached hydrogen (secondary N) is 3. The van der Waals surface area contributed by atoms with Crippen LogP contribution in [0, 0.1) is 11.7 Å². The van der Waals surface area contributed by atoms with Crippen molar-refractivity contribution in [1.29, 1.82) is 0 Å². The van der Waals surface area contributed by atoms with Crippen molar-refractivity contribution in [2.24, 2.45) is 5.92 Å². The zero-order chi connectivity index (χ0) is 18.1. The molecule has 0 bridgehead atoms. The molecule has 1 fully saturated rings. The van der Waals surface area contributed by atoms with E-state index in [1.165, 1.54) is 24.3 Å². The minimum Gasteiger partial charge on any atom is -0.380 e. The molecule has 0 saturated carbocycles. The third-order valence-electron chi connectivity index (χ3n) is 3.89. The number of carbonyl (C=O) groups excluding carboxylic acids is 2. The van der Waals surface area contributed by atoms with Gasteiger partial charge in [-0.05, 0) is 31.3 Å². The first-order valence-electron chi connectivity index (χ1n) is 8.36. The summed E-state index contributed by atoms with van der Waals surface area (Å²) in [5, 5.41) is 8.16. The second-order valence-corrected chi connectivity index (χ2v) is 6.10. The Morgan fingerprint density at radius 3 is 2.68 bits per heavy atom. The molecule has 1 aliphatic heterocycles. The molecule has 3 amide bonds. The molecule has 0 aromatic heterocycles. The Morgan fingerprint density at radius 2 is 1.92 bits per heavy atom. The van der Waals surface area contributed by atoms with Crippen LogP contribution in [-0.4, -0.2) is 69.8 Å². The van der Waals surface area contributed by atoms with Crippen LogP contribution in [0.1, 0.15) is 10.4 Å². The maximum Gasteiger partial charge on any atom is 0.314 e. The molecular formula is C17H25FN4O3. The number of benzene rings is 1. The molecule has 138 valence electrons. The van der Waals surface area contributed by atoms with Crippen molar-refractivity contribution in [2.75, 3.05) is 53.0 Å². The molecule has 1 heterocycles. The molecule has 0 spiro atoms. The van der Waals surface area contributed by atoms with Crippen LogP contribution in [-0.2, 0) is 4.74 Å². The molecule has 0 unspecified atom stereocenters. The minimum absolute atomic E-state index is 0.261. The molecule has 1 aliphatic rings. The van der Waals surface area contributed by atoms with Gasteiger partial charge >= 0.3 is 6.03 Å². The second-order valence-electron chi connectivity index (χ2n) is 6.10. The van der Waals surface area contributed by atoms with Crippen LogP contribution in [0.15, 0.2) is 24.3 Å². The SMILES string of the molecule is CN1CCOC[C@@H](CNC(=O)NCCNC(=O)c2ccc(F)cc2)C1. The van der Waals surface area contributed by atoms with Crippen LogP contribution in [0.3, 0.4) is 0 Å². The predicted octanol–water partition coefficient (Wildman–Crippen LogP) is 0.433. The second kappa shape index (κ2) is 9.95. The number of rotatable bonds is 6. The van der Waals surface area contributed by atoms with Gasteiger partial charge in [0.25, 0.3) is 5.91 Å². The van der Waals surface area contributed by atoms with Crippen molar-refractivity contribution in [3.05, 3.63) is 35.6 Å². The summed E-state index contributed by atoms with van der Waals surface area (Å²) in [4.78, 5) is 25.8. The molecular weight excluding hydrogens is 327 g/mol. The molecule has 1 aromatic rings. The van der Waals surface area contributed by atoms with Crippen LogP contribution >= 0.6 is 0 Å². The van der Waals surface area contributed by atoms with E-state index in [1.54, 1.807) is 0 Å². The maximum absolute atomic E-state index is 12.8. The van der Waals surface area contributed by atoms with Gasteiger partial charge in [-0.1, -0.05) is 0 Å². The van der Waals surface area contributed by atoms with E-state index in [1.807, 2.05) is 7.05 Å². The largest absolute Gasteiger partial charge is 0.380 e. The van der Waals surface area contributed by atoms with Crippen molar-refractivity contribution in [3.63, 3.8) is 0 Å². The lowest BCUT2D eigenvalue weighted by Gasteiger charge is -2.19. The number of ether oxygens (including phenoxy) is 1. The number of hydrogen-bond acceptors (Lipinski definition) is 4. The van der Waals surface area contributed by atoms with Gasteiger partial charge in [0.1, 0.15) is 5.82 Å². The summed E-state index contributed by atoms with van der Waals surface area (Å²) in [6.45, 7) is 4.27. The molecule has 25 heavy (non-hydrogen) atoms. The van der Waals surface area contributed by atoms with Gasteiger partial charge in [-0.25, -0.2) is 9.18 Å². The van der Waals surface area contributed by atoms with Gasteiger partial charge in [0.15, 0.2) is 0 Å². The summed E-state index contributed by atoms with van der Waals surface area (Å²) in [7, 11) is 2.03. The Balaban J connectivity index is 1.58. The number of nitrogens with zero attached hydrogens (tertiary/aromatic N) is 1. The predicted molar refractivity (Wildman–Crippen MR) is 91.9 cm³/mol. The highest BCUT2D eigenvalue weighted by atomic mass is 19.1. The van der Waals surface area contributed by atoms with Gasteiger partial charge < -0.3 is 25.6 Å². The van der Waals surface area contributed by atoms with E-state index in [0.717, 1.165) is 13.1 Å². The van der Waals surface area contributed by atoms with Crippen molar-refractivity contribution in [3.8, 4) is 0 Å². The smallest absolute Gasteiger partial charge is 0.314 e. The number of likely N-dealkylation sites (N-methyl/N-ethyl adjacent to an activating group) is 1. The Bertz CT molecular complexity index is 568. The van der Waals surface area contributed by atoms with E-state index in [0.29, 0.717) is 38.4 Å². The topological polar surface area (TPSA) is 82.7 Å². The highest BCUT2D eigenvalue weighted by molar-refractivity contribution is 5.94. The number of carbonyl (C=O) groups is 2. The molecule has 8 heteroatoms. The first-order valence-corrected chi connectivity index (χ1v) is 8.36. The van der Waals surface area contributed by atoms with E-state index in [4.69, 9.17) is 4.74 Å². The van der Waals surface area contributed by atoms with Crippen molar-refractivity contribution < 1.29 is 18.7 Å². The third kappa shape index (κ3) is 7.06. The minimum atomic E-state index is -0.389. The molecule has 1 aromatic carbocycles. The van der Waals surface area contributed by atoms with Crippen LogP contribution < -0.4 is 16.0 Å². The average Bonchev–Trinajstić information content (AvgIpc) is 2.81. The van der Waals surface area contributed by atoms with Crippen molar-refractivity contribution in [2.45, 2.75) is 0 Å². The summed E-state index contributed by atoms with van der Waals surface area (Å²) in [6.07, 6.45) is 0. The Morgan fingerprint density at radius 1 is 1.20 bits per heavy atom. The Kier molecular flexibility index (Phi) is 7.62. The summed E-state index contributed by atoms with van der Waals surface area (Å²) >= 11 is 0. The van der Waals surface area contributed by atoms with E-state index >= 15 is 0 Å². The number of hydrogen-bond donors (Lipinski definition) is 3. The maximum atomic E-state index is 12.8. The van der Waals surface area contributed by atoms with Crippen molar-refractivity contribution in [1.82, 2.24) is 20.9 Å². The first kappa shape index (κ1) is 19.1. The Labute approximate surface area is 146 Å². The third-order valence-corrected chi connectivity index (χ3v) is 3.89. The normalized spacial score (nSPS) is 18.2. The van der Waals surface area contributed by atoms with Crippen LogP contribution in [0.4, 0.5) is 9.18 Å². The lowest BCUT2D eigenvalue weighted by atomic mass is 10.1. The Hall–Kier alpha value is -2.19. The average molecular weight is 352 g/mol. The summed E-state index contributed by atoms with van der Waals surface area (Å²) < 4.78 is 18.3. The summed E-state index contributed by atoms with van der Waals surface area (Å²) in [6, 6.07) is 5.01. The number of halogens is 1. The molecule has 7 nitrogen and oxygen atoms in total. The monoisotopic (exact) mass is 352 g/mol. The molecule has 2 rings (SSSR count). The zero-order valence-electron chi connectivity index (χ0n) is 14.4. The lowest BCUT2D eigenvalue weighted by molar-refractivity contribution is 0.0953. The van der Waals surface area contributed by atoms with E-state index in [2.05, 4.69) is 20.9 Å². The number of amides is 3. The van der Waals surface area contributed by atoms with Crippen LogP contribution in [0.5, 0.6) is 0 Å². The quantitative estimate of drug-likeness (QED) is 0.649. The van der Waals surface area contributed by atoms with Gasteiger partial charge in [0, 0.05) is 44.2 Å². The van der Waals surface area contributed by atoms with Gasteiger partial charge in [-0.3, -0.25) is 4.79 Å². The molecule has 1 saturated heterocycles. The van der Waals surface area contributed by atoms with E-state index < -0.39 is 0 Å². The lowest BCUT2D eigenvalue weighted by Crippen LogP contribution is -2.43. The van der Waals surface area contributed by atoms with Gasteiger partial charge in [0.05, 0.1) is 13.2 Å². The van der Waals surface area contributed by atoms with Gasteiger partial charge in [-0.2, -0.15) is 0 Å².